The molecule has 2 heterocycles. The van der Waals surface area contributed by atoms with Gasteiger partial charge in [-0.15, -0.1) is 0 Å². The number of phenols is 1. The summed E-state index contributed by atoms with van der Waals surface area (Å²) in [5.41, 5.74) is 22.7. The molecule has 0 radical (unpaired) electrons. The highest BCUT2D eigenvalue weighted by atomic mass is 33.1. The number of guanidine groups is 1. The molecule has 80 heavy (non-hydrogen) atoms. The van der Waals surface area contributed by atoms with Gasteiger partial charge in [-0.2, -0.15) is 0 Å². The van der Waals surface area contributed by atoms with E-state index in [0.29, 0.717) is 17.5 Å². The van der Waals surface area contributed by atoms with Crippen molar-refractivity contribution in [1.29, 1.82) is 5.41 Å². The van der Waals surface area contributed by atoms with Gasteiger partial charge in [-0.1, -0.05) is 64.1 Å². The minimum atomic E-state index is -1.77. The number of rotatable bonds is 20. The van der Waals surface area contributed by atoms with E-state index in [-0.39, 0.29) is 74.8 Å². The monoisotopic (exact) mass is 1160 g/mol. The molecule has 31 heteroatoms. The minimum absolute atomic E-state index is 0.0163. The summed E-state index contributed by atoms with van der Waals surface area (Å²) < 4.78 is 0. The Hall–Kier alpha value is -8.19. The Morgan fingerprint density at radius 2 is 1.32 bits per heavy atom. The number of nitrogens with two attached hydrogens (primary N) is 4. The van der Waals surface area contributed by atoms with Crippen LogP contribution in [-0.4, -0.2) is 177 Å². The van der Waals surface area contributed by atoms with Crippen LogP contribution in [0.5, 0.6) is 5.75 Å². The molecular weight excluding hydrogens is 1090 g/mol. The molecule has 20 N–H and O–H groups in total. The molecule has 0 aliphatic carbocycles. The van der Waals surface area contributed by atoms with E-state index in [2.05, 4.69) is 42.5 Å². The predicted octanol–water partition coefficient (Wildman–Crippen LogP) is -4.68. The standard InChI is InChI=1S/C46H64N14O12S2.C3H6O3/c47-35(62)15-14-29-40(67)58-32(22-36(48)63)43(70)59-33(45(72)60-18-5-9-34(60)44(71)56-28(8-4-17-52-46(50)51)39(66)53-23-37(49)64)24-74-73-19-16-38(65)54-30(21-26-10-12-27(61)13-11-26)41(68)57-31(42(69)55-29)20-25-6-2-1-3-7-25;1-2(4)3(5)6/h1-3,6-7,10-13,28-34,61H,4-5,8-9,14-24H2,(H2,47,62)(H2,48,63)(H2,49,64)(H,53,66)(H,54,65)(H,55,69)(H,56,71)(H,57,68)(H,58,67)(H,59,70)(H4,50,51,52);2,4H,1H3,(H,5,6)/t28-,29-,30-,31-,32-,33-,34-;/m0./s1. The molecule has 1 unspecified atom stereocenters. The van der Waals surface area contributed by atoms with Gasteiger partial charge >= 0.3 is 5.97 Å². The number of nitrogens with zero attached hydrogens (tertiary/aromatic N) is 1. The SMILES string of the molecule is CC(O)C(=O)O.N=C(N)NCCC[C@H](NC(=O)[C@@H]1CCCN1C(=O)[C@@H]1CSSCCC(=O)N[C@@H](Cc2ccc(O)cc2)C(=O)N[C@@H](Cc2ccccc2)C(=O)N[C@@H](CCC(N)=O)C(=O)N[C@@H](CC(N)=O)C(=O)N1)C(=O)NCC(N)=O. The van der Waals surface area contributed by atoms with Crippen LogP contribution in [0.3, 0.4) is 0 Å². The maximum atomic E-state index is 14.6. The van der Waals surface area contributed by atoms with Crippen molar-refractivity contribution in [3.8, 4) is 5.75 Å². The zero-order valence-corrected chi connectivity index (χ0v) is 45.4. The van der Waals surface area contributed by atoms with Crippen molar-refractivity contribution in [2.75, 3.05) is 31.1 Å². The summed E-state index contributed by atoms with van der Waals surface area (Å²) in [7, 11) is 2.18. The number of likely N-dealkylation sites (tertiary alicyclic amines) is 1. The zero-order valence-electron chi connectivity index (χ0n) is 43.7. The molecule has 2 aromatic carbocycles. The Labute approximate surface area is 467 Å². The Kier molecular flexibility index (Phi) is 28.1. The third-order valence-corrected chi connectivity index (χ3v) is 14.3. The summed E-state index contributed by atoms with van der Waals surface area (Å²) in [6.07, 6.45) is -2.56. The lowest BCUT2D eigenvalue weighted by Crippen LogP contribution is -2.61. The van der Waals surface area contributed by atoms with E-state index in [4.69, 9.17) is 38.6 Å². The number of aliphatic carboxylic acids is 1. The predicted molar refractivity (Wildman–Crippen MR) is 291 cm³/mol. The van der Waals surface area contributed by atoms with E-state index in [1.807, 2.05) is 0 Å². The second-order valence-corrected chi connectivity index (χ2v) is 21.0. The number of carboxylic acids is 1. The quantitative estimate of drug-likeness (QED) is 0.0256. The molecule has 0 bridgehead atoms. The number of amides is 11. The van der Waals surface area contributed by atoms with Crippen LogP contribution in [-0.2, 0) is 70.4 Å². The molecule has 11 amide bonds. The third-order valence-electron chi connectivity index (χ3n) is 11.9. The Bertz CT molecular complexity index is 2530. The summed E-state index contributed by atoms with van der Waals surface area (Å²) in [5, 5.41) is 53.5. The molecule has 2 fully saturated rings. The molecule has 0 saturated carbocycles. The number of carbonyl (C=O) groups is 12. The van der Waals surface area contributed by atoms with Crippen LogP contribution in [0.15, 0.2) is 54.6 Å². The van der Waals surface area contributed by atoms with Crippen molar-refractivity contribution in [2.24, 2.45) is 22.9 Å². The fraction of sp³-hybridized carbons (Fsp3) is 0.490. The molecule has 2 saturated heterocycles. The maximum absolute atomic E-state index is 14.6. The average Bonchev–Trinajstić information content (AvgIpc) is 3.93. The fourth-order valence-corrected chi connectivity index (χ4v) is 9.95. The average molecular weight is 1160 g/mol. The number of aliphatic hydroxyl groups is 1. The van der Waals surface area contributed by atoms with Gasteiger partial charge in [0.1, 0.15) is 54.1 Å². The zero-order chi connectivity index (χ0) is 59.5. The molecule has 8 atom stereocenters. The van der Waals surface area contributed by atoms with Crippen LogP contribution in [0, 0.1) is 5.41 Å². The first-order chi connectivity index (χ1) is 37.8. The van der Waals surface area contributed by atoms with Crippen LogP contribution < -0.4 is 65.5 Å². The van der Waals surface area contributed by atoms with Crippen LogP contribution in [0.4, 0.5) is 0 Å². The Morgan fingerprint density at radius 1 is 0.750 bits per heavy atom. The van der Waals surface area contributed by atoms with Crippen molar-refractivity contribution >= 4 is 98.5 Å². The number of aromatic hydroxyl groups is 1. The number of phenolic OH excluding ortho intramolecular Hbond substituents is 1. The molecule has 0 aromatic heterocycles. The Morgan fingerprint density at radius 3 is 1.91 bits per heavy atom. The lowest BCUT2D eigenvalue weighted by Gasteiger charge is -2.31. The van der Waals surface area contributed by atoms with Gasteiger partial charge < -0.3 is 85.7 Å². The molecule has 2 aliphatic heterocycles. The van der Waals surface area contributed by atoms with E-state index in [1.54, 1.807) is 42.5 Å². The van der Waals surface area contributed by atoms with Crippen LogP contribution in [0.25, 0.3) is 0 Å². The summed E-state index contributed by atoms with van der Waals surface area (Å²) in [6, 6.07) is 4.50. The van der Waals surface area contributed by atoms with E-state index in [9.17, 15) is 62.6 Å². The highest BCUT2D eigenvalue weighted by molar-refractivity contribution is 8.76. The molecule has 2 aliphatic rings. The molecule has 438 valence electrons. The summed E-state index contributed by atoms with van der Waals surface area (Å²) in [5.74, 6) is -11.1. The largest absolute Gasteiger partial charge is 0.508 e. The summed E-state index contributed by atoms with van der Waals surface area (Å²) >= 11 is 0. The highest BCUT2D eigenvalue weighted by Crippen LogP contribution is 2.26. The van der Waals surface area contributed by atoms with Crippen LogP contribution in [0.2, 0.25) is 0 Å². The number of primary amides is 3. The van der Waals surface area contributed by atoms with Gasteiger partial charge in [0.05, 0.1) is 13.0 Å². The molecular formula is C49H70N14O15S2. The highest BCUT2D eigenvalue weighted by Gasteiger charge is 2.40. The van der Waals surface area contributed by atoms with E-state index in [0.717, 1.165) is 21.6 Å². The number of hydrogen-bond donors (Lipinski definition) is 16. The molecule has 2 aromatic rings. The molecule has 29 nitrogen and oxygen atoms in total. The first-order valence-corrected chi connectivity index (χ1v) is 27.6. The van der Waals surface area contributed by atoms with Gasteiger partial charge in [-0.05, 0) is 62.3 Å². The number of carboxylic acid groups (broad SMARTS) is 1. The summed E-state index contributed by atoms with van der Waals surface area (Å²) in [4.78, 5) is 158. The van der Waals surface area contributed by atoms with Crippen molar-refractivity contribution < 1.29 is 72.9 Å². The molecule has 4 rings (SSSR count). The number of nitrogens with one attached hydrogen (secondary N) is 9. The fourth-order valence-electron chi connectivity index (χ4n) is 7.81. The second-order valence-electron chi connectivity index (χ2n) is 18.4. The lowest BCUT2D eigenvalue weighted by atomic mass is 10.0. The first kappa shape index (κ1) is 66.1. The maximum Gasteiger partial charge on any atom is 0.332 e. The number of hydrogen-bond acceptors (Lipinski definition) is 17. The number of aliphatic hydroxyl groups excluding tert-OH is 1. The van der Waals surface area contributed by atoms with Gasteiger partial charge in [0.25, 0.3) is 0 Å². The van der Waals surface area contributed by atoms with Gasteiger partial charge in [0.15, 0.2) is 5.96 Å². The van der Waals surface area contributed by atoms with E-state index in [1.165, 1.54) is 24.0 Å². The lowest BCUT2D eigenvalue weighted by molar-refractivity contribution is -0.145. The van der Waals surface area contributed by atoms with Crippen molar-refractivity contribution in [1.82, 2.24) is 47.4 Å². The Balaban J connectivity index is 0.00000264. The van der Waals surface area contributed by atoms with Crippen LogP contribution >= 0.6 is 21.6 Å². The normalized spacial score (nSPS) is 21.1. The molecule has 0 spiro atoms. The van der Waals surface area contributed by atoms with Crippen molar-refractivity contribution in [3.05, 3.63) is 65.7 Å². The minimum Gasteiger partial charge on any atom is -0.508 e. The second kappa shape index (κ2) is 34.0. The van der Waals surface area contributed by atoms with Gasteiger partial charge in [-0.3, -0.25) is 58.1 Å². The van der Waals surface area contributed by atoms with Crippen LogP contribution in [0.1, 0.15) is 69.4 Å². The van der Waals surface area contributed by atoms with Gasteiger partial charge in [0.2, 0.25) is 65.0 Å². The van der Waals surface area contributed by atoms with E-state index < -0.39 is 145 Å². The topological polar surface area (TPSA) is 493 Å². The smallest absolute Gasteiger partial charge is 0.332 e. The van der Waals surface area contributed by atoms with Gasteiger partial charge in [0, 0.05) is 50.3 Å². The van der Waals surface area contributed by atoms with E-state index >= 15 is 0 Å². The third kappa shape index (κ3) is 24.2. The first-order valence-electron chi connectivity index (χ1n) is 25.1. The number of benzene rings is 2. The summed E-state index contributed by atoms with van der Waals surface area (Å²) in [6.45, 7) is 0.853. The van der Waals surface area contributed by atoms with Crippen molar-refractivity contribution in [3.63, 3.8) is 0 Å². The van der Waals surface area contributed by atoms with Gasteiger partial charge in [-0.25, -0.2) is 4.79 Å². The number of carbonyl (C=O) groups excluding carboxylic acids is 11. The van der Waals surface area contributed by atoms with Crippen molar-refractivity contribution in [2.45, 2.75) is 120 Å².